The van der Waals surface area contributed by atoms with E-state index in [9.17, 15) is 35.4 Å². The molecule has 0 spiro atoms. The number of hydrogen-bond acceptors (Lipinski definition) is 10. The van der Waals surface area contributed by atoms with Gasteiger partial charge >= 0.3 is 11.8 Å². The van der Waals surface area contributed by atoms with E-state index in [0.29, 0.717) is 0 Å². The van der Waals surface area contributed by atoms with E-state index in [-0.39, 0.29) is 51.9 Å². The molecule has 2 atom stereocenters. The summed E-state index contributed by atoms with van der Waals surface area (Å²) in [4.78, 5) is 13.1. The Balaban J connectivity index is 1.83. The van der Waals surface area contributed by atoms with Crippen LogP contribution in [0.25, 0.3) is 0 Å². The van der Waals surface area contributed by atoms with Gasteiger partial charge < -0.3 is 44.8 Å². The number of carbonyl (C=O) groups excluding carboxylic acids is 1. The highest BCUT2D eigenvalue weighted by Crippen LogP contribution is 2.47. The Hall–Kier alpha value is -4.31. The van der Waals surface area contributed by atoms with E-state index in [2.05, 4.69) is 0 Å². The third-order valence-corrected chi connectivity index (χ3v) is 5.31. The molecule has 0 fully saturated rings. The minimum Gasteiger partial charge on any atom is -0.508 e. The van der Waals surface area contributed by atoms with Crippen molar-refractivity contribution in [2.75, 3.05) is 7.11 Å². The number of esters is 1. The predicted molar refractivity (Wildman–Crippen MR) is 112 cm³/mol. The Morgan fingerprint density at radius 3 is 2.36 bits per heavy atom. The first-order valence-corrected chi connectivity index (χ1v) is 9.69. The SMILES string of the molecule is COc1cc(C(=O)OC2(c3ccc(O)c(O)c3)Oc3cc(O)cc(O)c3C[C@H]2O)ccc1O. The Kier molecular flexibility index (Phi) is 5.30. The zero-order valence-corrected chi connectivity index (χ0v) is 17.2. The molecule has 1 aliphatic heterocycles. The molecule has 0 aromatic heterocycles. The van der Waals surface area contributed by atoms with Crippen LogP contribution in [-0.2, 0) is 16.9 Å². The molecular weight excluding hydrogens is 436 g/mol. The average Bonchev–Trinajstić information content (AvgIpc) is 2.77. The molecule has 172 valence electrons. The zero-order chi connectivity index (χ0) is 23.9. The molecule has 0 amide bonds. The van der Waals surface area contributed by atoms with Gasteiger partial charge in [0.25, 0.3) is 0 Å². The largest absolute Gasteiger partial charge is 0.508 e. The number of carbonyl (C=O) groups is 1. The van der Waals surface area contributed by atoms with Crippen molar-refractivity contribution in [3.8, 4) is 40.2 Å². The van der Waals surface area contributed by atoms with Crippen LogP contribution < -0.4 is 9.47 Å². The Bertz CT molecular complexity index is 1240. The van der Waals surface area contributed by atoms with Crippen molar-refractivity contribution >= 4 is 5.97 Å². The maximum Gasteiger partial charge on any atom is 0.341 e. The lowest BCUT2D eigenvalue weighted by Crippen LogP contribution is -2.52. The molecule has 0 bridgehead atoms. The van der Waals surface area contributed by atoms with Crippen LogP contribution in [0.2, 0.25) is 0 Å². The summed E-state index contributed by atoms with van der Waals surface area (Å²) in [6, 6.07) is 9.40. The molecule has 3 aromatic carbocycles. The molecule has 1 unspecified atom stereocenters. The topological polar surface area (TPSA) is 166 Å². The quantitative estimate of drug-likeness (QED) is 0.253. The summed E-state index contributed by atoms with van der Waals surface area (Å²) in [5, 5.41) is 60.6. The fourth-order valence-electron chi connectivity index (χ4n) is 3.61. The van der Waals surface area contributed by atoms with Crippen LogP contribution in [0.4, 0.5) is 0 Å². The van der Waals surface area contributed by atoms with Crippen molar-refractivity contribution in [2.45, 2.75) is 18.3 Å². The van der Waals surface area contributed by atoms with Gasteiger partial charge in [0.2, 0.25) is 0 Å². The number of hydrogen-bond donors (Lipinski definition) is 6. The molecule has 3 aromatic rings. The van der Waals surface area contributed by atoms with Gasteiger partial charge in [-0.2, -0.15) is 0 Å². The Labute approximate surface area is 187 Å². The van der Waals surface area contributed by atoms with E-state index in [4.69, 9.17) is 14.2 Å². The molecule has 0 saturated heterocycles. The smallest absolute Gasteiger partial charge is 0.341 e. The van der Waals surface area contributed by atoms with Crippen molar-refractivity contribution < 1.29 is 49.6 Å². The summed E-state index contributed by atoms with van der Waals surface area (Å²) in [6.07, 6.45) is -1.82. The minimum atomic E-state index is -2.24. The first-order chi connectivity index (χ1) is 15.6. The van der Waals surface area contributed by atoms with Crippen molar-refractivity contribution in [3.63, 3.8) is 0 Å². The molecule has 10 heteroatoms. The summed E-state index contributed by atoms with van der Waals surface area (Å²) in [7, 11) is 1.30. The van der Waals surface area contributed by atoms with Crippen LogP contribution in [0.1, 0.15) is 21.5 Å². The van der Waals surface area contributed by atoms with Gasteiger partial charge in [-0.15, -0.1) is 0 Å². The van der Waals surface area contributed by atoms with Gasteiger partial charge in [-0.25, -0.2) is 4.79 Å². The lowest BCUT2D eigenvalue weighted by Gasteiger charge is -2.41. The molecular formula is C23H20O10. The molecule has 33 heavy (non-hydrogen) atoms. The minimum absolute atomic E-state index is 0.00563. The highest BCUT2D eigenvalue weighted by atomic mass is 16.7. The molecule has 0 radical (unpaired) electrons. The van der Waals surface area contributed by atoms with E-state index in [1.54, 1.807) is 0 Å². The lowest BCUT2D eigenvalue weighted by molar-refractivity contribution is -0.222. The number of aromatic hydroxyl groups is 5. The van der Waals surface area contributed by atoms with Gasteiger partial charge in [0.05, 0.1) is 12.7 Å². The molecule has 10 nitrogen and oxygen atoms in total. The number of aliphatic hydroxyl groups is 1. The van der Waals surface area contributed by atoms with Crippen LogP contribution in [0.15, 0.2) is 48.5 Å². The number of methoxy groups -OCH3 is 1. The number of aliphatic hydroxyl groups excluding tert-OH is 1. The summed E-state index contributed by atoms with van der Waals surface area (Å²) < 4.78 is 16.5. The zero-order valence-electron chi connectivity index (χ0n) is 17.2. The molecule has 0 aliphatic carbocycles. The number of phenolic OH excluding ortho intramolecular Hbond substituents is 5. The van der Waals surface area contributed by atoms with E-state index in [1.807, 2.05) is 0 Å². The Morgan fingerprint density at radius 2 is 1.67 bits per heavy atom. The van der Waals surface area contributed by atoms with Gasteiger partial charge in [0.15, 0.2) is 23.0 Å². The molecule has 0 saturated carbocycles. The van der Waals surface area contributed by atoms with Gasteiger partial charge in [-0.1, -0.05) is 0 Å². The fourth-order valence-corrected chi connectivity index (χ4v) is 3.61. The van der Waals surface area contributed by atoms with Crippen molar-refractivity contribution in [1.82, 2.24) is 0 Å². The standard InChI is InChI=1S/C23H20O10/c1-31-20-6-11(2-4-16(20)26)22(30)33-23(12-3-5-15(25)18(28)7-12)21(29)10-14-17(27)8-13(24)9-19(14)32-23/h2-9,21,24-29H,10H2,1H3/t21-,23?/m1/s1. The molecule has 1 heterocycles. The number of phenols is 5. The molecule has 6 N–H and O–H groups in total. The molecule has 1 aliphatic rings. The van der Waals surface area contributed by atoms with Crippen LogP contribution >= 0.6 is 0 Å². The van der Waals surface area contributed by atoms with E-state index >= 15 is 0 Å². The van der Waals surface area contributed by atoms with E-state index in [0.717, 1.165) is 18.2 Å². The number of fused-ring (bicyclic) bond motifs is 1. The second-order valence-electron chi connectivity index (χ2n) is 7.41. The van der Waals surface area contributed by atoms with E-state index < -0.39 is 29.4 Å². The van der Waals surface area contributed by atoms with Crippen LogP contribution in [0.3, 0.4) is 0 Å². The Morgan fingerprint density at radius 1 is 0.939 bits per heavy atom. The summed E-state index contributed by atoms with van der Waals surface area (Å²) in [5.74, 6) is -5.17. The molecule has 4 rings (SSSR count). The normalized spacial score (nSPS) is 19.3. The van der Waals surface area contributed by atoms with Crippen molar-refractivity contribution in [3.05, 3.63) is 65.2 Å². The van der Waals surface area contributed by atoms with Gasteiger partial charge in [0.1, 0.15) is 23.4 Å². The van der Waals surface area contributed by atoms with Crippen LogP contribution in [-0.4, -0.2) is 49.8 Å². The number of rotatable bonds is 4. The summed E-state index contributed by atoms with van der Waals surface area (Å²) in [5.41, 5.74) is 0.0894. The van der Waals surface area contributed by atoms with Gasteiger partial charge in [-0.3, -0.25) is 0 Å². The average molecular weight is 456 g/mol. The number of ether oxygens (including phenoxy) is 3. The third-order valence-electron chi connectivity index (χ3n) is 5.31. The fraction of sp³-hybridized carbons (Fsp3) is 0.174. The lowest BCUT2D eigenvalue weighted by atomic mass is 9.90. The van der Waals surface area contributed by atoms with Crippen LogP contribution in [0, 0.1) is 0 Å². The monoisotopic (exact) mass is 456 g/mol. The predicted octanol–water partition coefficient (Wildman–Crippen LogP) is 2.23. The number of benzene rings is 3. The first-order valence-electron chi connectivity index (χ1n) is 9.69. The third kappa shape index (κ3) is 3.76. The van der Waals surface area contributed by atoms with Gasteiger partial charge in [0, 0.05) is 29.7 Å². The second-order valence-corrected chi connectivity index (χ2v) is 7.41. The maximum absolute atomic E-state index is 13.1. The van der Waals surface area contributed by atoms with Gasteiger partial charge in [-0.05, 0) is 36.4 Å². The highest BCUT2D eigenvalue weighted by molar-refractivity contribution is 5.90. The van der Waals surface area contributed by atoms with Crippen molar-refractivity contribution in [1.29, 1.82) is 0 Å². The van der Waals surface area contributed by atoms with Crippen LogP contribution in [0.5, 0.6) is 40.2 Å². The maximum atomic E-state index is 13.1. The summed E-state index contributed by atoms with van der Waals surface area (Å²) >= 11 is 0. The first kappa shape index (κ1) is 21.9. The van der Waals surface area contributed by atoms with Crippen molar-refractivity contribution in [2.24, 2.45) is 0 Å². The second kappa shape index (κ2) is 7.99. The summed E-state index contributed by atoms with van der Waals surface area (Å²) in [6.45, 7) is 0. The van der Waals surface area contributed by atoms with E-state index in [1.165, 1.54) is 37.4 Å². The highest BCUT2D eigenvalue weighted by Gasteiger charge is 2.51.